The number of amides is 1. The van der Waals surface area contributed by atoms with Gasteiger partial charge in [0.15, 0.2) is 0 Å². The molecule has 0 saturated heterocycles. The molecule has 2 aromatic carbocycles. The highest BCUT2D eigenvalue weighted by Crippen LogP contribution is 2.15. The molecule has 0 aliphatic heterocycles. The van der Waals surface area contributed by atoms with E-state index in [9.17, 15) is 9.59 Å². The smallest absolute Gasteiger partial charge is 0.337 e. The van der Waals surface area contributed by atoms with Gasteiger partial charge in [0.05, 0.1) is 26.3 Å². The zero-order chi connectivity index (χ0) is 18.2. The maximum atomic E-state index is 12.1. The number of rotatable bonds is 7. The number of hydrogen-bond acceptors (Lipinski definition) is 5. The molecular weight excluding hydrogens is 320 g/mol. The minimum atomic E-state index is -0.362. The van der Waals surface area contributed by atoms with Crippen molar-refractivity contribution in [1.29, 1.82) is 0 Å². The van der Waals surface area contributed by atoms with E-state index in [1.165, 1.54) is 7.11 Å². The summed E-state index contributed by atoms with van der Waals surface area (Å²) in [6.07, 6.45) is 0. The molecule has 0 fully saturated rings. The van der Waals surface area contributed by atoms with E-state index in [0.29, 0.717) is 12.1 Å². The standard InChI is InChI=1S/C19H22N2O4/c1-21(12-14-4-6-15(7-5-14)19(23)25-3)13-18(22)20-16-8-10-17(24-2)11-9-16/h4-11H,12-13H2,1-3H3,(H,20,22). The second-order valence-corrected chi connectivity index (χ2v) is 5.64. The Morgan fingerprint density at radius 2 is 1.64 bits per heavy atom. The van der Waals surface area contributed by atoms with Gasteiger partial charge in [-0.05, 0) is 49.0 Å². The monoisotopic (exact) mass is 342 g/mol. The van der Waals surface area contributed by atoms with Crippen molar-refractivity contribution < 1.29 is 19.1 Å². The number of ether oxygens (including phenoxy) is 2. The molecule has 0 aliphatic carbocycles. The molecule has 0 aliphatic rings. The first-order valence-electron chi connectivity index (χ1n) is 7.81. The van der Waals surface area contributed by atoms with Gasteiger partial charge in [-0.2, -0.15) is 0 Å². The summed E-state index contributed by atoms with van der Waals surface area (Å²) in [5, 5.41) is 2.84. The van der Waals surface area contributed by atoms with Crippen LogP contribution in [0.5, 0.6) is 5.75 Å². The molecule has 1 N–H and O–H groups in total. The second-order valence-electron chi connectivity index (χ2n) is 5.64. The Hall–Kier alpha value is -2.86. The molecule has 2 aromatic rings. The molecule has 0 heterocycles. The predicted octanol–water partition coefficient (Wildman–Crippen LogP) is 2.55. The number of likely N-dealkylation sites (N-methyl/N-ethyl adjacent to an activating group) is 1. The summed E-state index contributed by atoms with van der Waals surface area (Å²) >= 11 is 0. The number of hydrogen-bond donors (Lipinski definition) is 1. The molecule has 0 bridgehead atoms. The third kappa shape index (κ3) is 5.61. The van der Waals surface area contributed by atoms with Crippen LogP contribution in [-0.2, 0) is 16.1 Å². The first kappa shape index (κ1) is 18.5. The van der Waals surface area contributed by atoms with Gasteiger partial charge in [0.25, 0.3) is 0 Å². The van der Waals surface area contributed by atoms with E-state index in [2.05, 4.69) is 10.1 Å². The summed E-state index contributed by atoms with van der Waals surface area (Å²) in [6.45, 7) is 0.849. The van der Waals surface area contributed by atoms with Crippen LogP contribution in [0.1, 0.15) is 15.9 Å². The van der Waals surface area contributed by atoms with Gasteiger partial charge >= 0.3 is 5.97 Å². The fraction of sp³-hybridized carbons (Fsp3) is 0.263. The van der Waals surface area contributed by atoms with Gasteiger partial charge < -0.3 is 14.8 Å². The summed E-state index contributed by atoms with van der Waals surface area (Å²) in [7, 11) is 4.81. The topological polar surface area (TPSA) is 67.9 Å². The van der Waals surface area contributed by atoms with Gasteiger partial charge in [-0.1, -0.05) is 12.1 Å². The lowest BCUT2D eigenvalue weighted by atomic mass is 10.1. The fourth-order valence-electron chi connectivity index (χ4n) is 2.35. The number of nitrogens with zero attached hydrogens (tertiary/aromatic N) is 1. The van der Waals surface area contributed by atoms with E-state index >= 15 is 0 Å². The molecule has 0 saturated carbocycles. The Bertz CT molecular complexity index is 711. The highest BCUT2D eigenvalue weighted by molar-refractivity contribution is 5.92. The molecule has 0 unspecified atom stereocenters. The molecule has 0 atom stereocenters. The Morgan fingerprint density at radius 3 is 2.20 bits per heavy atom. The zero-order valence-electron chi connectivity index (χ0n) is 14.6. The van der Waals surface area contributed by atoms with Crippen molar-refractivity contribution >= 4 is 17.6 Å². The van der Waals surface area contributed by atoms with Crippen LogP contribution in [0.2, 0.25) is 0 Å². The average molecular weight is 342 g/mol. The molecule has 0 aromatic heterocycles. The zero-order valence-corrected chi connectivity index (χ0v) is 14.6. The summed E-state index contributed by atoms with van der Waals surface area (Å²) < 4.78 is 9.76. The number of nitrogens with one attached hydrogen (secondary N) is 1. The van der Waals surface area contributed by atoms with Crippen molar-refractivity contribution in [2.24, 2.45) is 0 Å². The van der Waals surface area contributed by atoms with Gasteiger partial charge in [-0.25, -0.2) is 4.79 Å². The molecule has 132 valence electrons. The van der Waals surface area contributed by atoms with Crippen LogP contribution in [-0.4, -0.2) is 44.6 Å². The summed E-state index contributed by atoms with van der Waals surface area (Å²) in [6, 6.07) is 14.3. The lowest BCUT2D eigenvalue weighted by molar-refractivity contribution is -0.117. The number of carbonyl (C=O) groups excluding carboxylic acids is 2. The van der Waals surface area contributed by atoms with E-state index < -0.39 is 0 Å². The van der Waals surface area contributed by atoms with Gasteiger partial charge in [-0.15, -0.1) is 0 Å². The van der Waals surface area contributed by atoms with Crippen LogP contribution < -0.4 is 10.1 Å². The summed E-state index contributed by atoms with van der Waals surface area (Å²) in [4.78, 5) is 25.4. The van der Waals surface area contributed by atoms with Crippen LogP contribution in [0, 0.1) is 0 Å². The van der Waals surface area contributed by atoms with Crippen LogP contribution in [0.25, 0.3) is 0 Å². The first-order valence-corrected chi connectivity index (χ1v) is 7.81. The molecule has 25 heavy (non-hydrogen) atoms. The minimum Gasteiger partial charge on any atom is -0.497 e. The SMILES string of the molecule is COC(=O)c1ccc(CN(C)CC(=O)Nc2ccc(OC)cc2)cc1. The number of anilines is 1. The van der Waals surface area contributed by atoms with Crippen LogP contribution in [0.15, 0.2) is 48.5 Å². The Kier molecular flexibility index (Phi) is 6.54. The average Bonchev–Trinajstić information content (AvgIpc) is 2.62. The van der Waals surface area contributed by atoms with Crippen molar-refractivity contribution in [2.75, 3.05) is 33.1 Å². The third-order valence-corrected chi connectivity index (χ3v) is 3.61. The number of benzene rings is 2. The van der Waals surface area contributed by atoms with E-state index in [1.807, 2.05) is 24.1 Å². The maximum Gasteiger partial charge on any atom is 0.337 e. The first-order chi connectivity index (χ1) is 12.0. The van der Waals surface area contributed by atoms with E-state index in [-0.39, 0.29) is 18.4 Å². The highest BCUT2D eigenvalue weighted by Gasteiger charge is 2.09. The van der Waals surface area contributed by atoms with Crippen LogP contribution >= 0.6 is 0 Å². The Balaban J connectivity index is 1.85. The van der Waals surface area contributed by atoms with Crippen molar-refractivity contribution in [3.8, 4) is 5.75 Å². The quantitative estimate of drug-likeness (QED) is 0.783. The lowest BCUT2D eigenvalue weighted by Gasteiger charge is -2.16. The van der Waals surface area contributed by atoms with Crippen molar-refractivity contribution in [1.82, 2.24) is 4.90 Å². The van der Waals surface area contributed by atoms with Crippen LogP contribution in [0.3, 0.4) is 0 Å². The van der Waals surface area contributed by atoms with Gasteiger partial charge in [-0.3, -0.25) is 9.69 Å². The normalized spacial score (nSPS) is 10.4. The van der Waals surface area contributed by atoms with Gasteiger partial charge in [0.2, 0.25) is 5.91 Å². The van der Waals surface area contributed by atoms with E-state index in [0.717, 1.165) is 17.0 Å². The van der Waals surface area contributed by atoms with E-state index in [1.54, 1.807) is 43.5 Å². The molecule has 1 amide bonds. The van der Waals surface area contributed by atoms with Crippen LogP contribution in [0.4, 0.5) is 5.69 Å². The third-order valence-electron chi connectivity index (χ3n) is 3.61. The van der Waals surface area contributed by atoms with Gasteiger partial charge in [0, 0.05) is 12.2 Å². The summed E-state index contributed by atoms with van der Waals surface area (Å²) in [5.74, 6) is 0.281. The van der Waals surface area contributed by atoms with Crippen molar-refractivity contribution in [3.05, 3.63) is 59.7 Å². The molecular formula is C19H22N2O4. The van der Waals surface area contributed by atoms with Crippen molar-refractivity contribution in [3.63, 3.8) is 0 Å². The minimum absolute atomic E-state index is 0.0983. The molecule has 2 rings (SSSR count). The molecule has 6 nitrogen and oxygen atoms in total. The Labute approximate surface area is 147 Å². The molecule has 0 radical (unpaired) electrons. The second kappa shape index (κ2) is 8.84. The predicted molar refractivity (Wildman–Crippen MR) is 95.7 cm³/mol. The molecule has 0 spiro atoms. The lowest BCUT2D eigenvalue weighted by Crippen LogP contribution is -2.29. The van der Waals surface area contributed by atoms with E-state index in [4.69, 9.17) is 4.74 Å². The van der Waals surface area contributed by atoms with Gasteiger partial charge in [0.1, 0.15) is 5.75 Å². The maximum absolute atomic E-state index is 12.1. The number of carbonyl (C=O) groups is 2. The highest BCUT2D eigenvalue weighted by atomic mass is 16.5. The fourth-order valence-corrected chi connectivity index (χ4v) is 2.35. The van der Waals surface area contributed by atoms with Crippen molar-refractivity contribution in [2.45, 2.75) is 6.54 Å². The Morgan fingerprint density at radius 1 is 1.00 bits per heavy atom. The number of esters is 1. The molecule has 6 heteroatoms. The number of methoxy groups -OCH3 is 2. The largest absolute Gasteiger partial charge is 0.497 e. The summed E-state index contributed by atoms with van der Waals surface area (Å²) in [5.41, 5.74) is 2.24.